The van der Waals surface area contributed by atoms with Crippen LogP contribution in [0.5, 0.6) is 0 Å². The lowest BCUT2D eigenvalue weighted by atomic mass is 10.1. The monoisotopic (exact) mass is 234 g/mol. The van der Waals surface area contributed by atoms with Gasteiger partial charge in [-0.05, 0) is 31.5 Å². The molecule has 1 aromatic rings. The Hall–Kier alpha value is -1.39. The highest BCUT2D eigenvalue weighted by molar-refractivity contribution is 5.98. The van der Waals surface area contributed by atoms with Crippen molar-refractivity contribution in [3.8, 4) is 0 Å². The van der Waals surface area contributed by atoms with E-state index in [-0.39, 0.29) is 5.91 Å². The van der Waals surface area contributed by atoms with Crippen LogP contribution >= 0.6 is 0 Å². The molecule has 1 saturated heterocycles. The van der Waals surface area contributed by atoms with Gasteiger partial charge in [0.25, 0.3) is 5.91 Å². The molecular weight excluding hydrogens is 216 g/mol. The van der Waals surface area contributed by atoms with Crippen LogP contribution < -0.4 is 10.6 Å². The van der Waals surface area contributed by atoms with Crippen molar-refractivity contribution in [3.63, 3.8) is 0 Å². The van der Waals surface area contributed by atoms with Gasteiger partial charge in [-0.25, -0.2) is 0 Å². The van der Waals surface area contributed by atoms with E-state index in [1.54, 1.807) is 24.3 Å². The Labute approximate surface area is 101 Å². The number of rotatable bonds is 0. The summed E-state index contributed by atoms with van der Waals surface area (Å²) in [6, 6.07) is 7.00. The lowest BCUT2D eigenvalue weighted by Gasteiger charge is -1.99. The zero-order valence-electron chi connectivity index (χ0n) is 9.94. The lowest BCUT2D eigenvalue weighted by Crippen LogP contribution is -2.17. The average molecular weight is 234 g/mol. The maximum Gasteiger partial charge on any atom is 0.253 e. The molecule has 2 heterocycles. The minimum absolute atomic E-state index is 0.201. The van der Waals surface area contributed by atoms with Crippen LogP contribution in [0, 0.1) is 5.92 Å². The maximum absolute atomic E-state index is 11.0. The van der Waals surface area contributed by atoms with E-state index >= 15 is 0 Å². The van der Waals surface area contributed by atoms with E-state index in [1.165, 1.54) is 19.5 Å². The van der Waals surface area contributed by atoms with Gasteiger partial charge in [0.05, 0.1) is 0 Å². The highest BCUT2D eigenvalue weighted by Gasteiger charge is 2.25. The van der Waals surface area contributed by atoms with Crippen molar-refractivity contribution in [1.82, 2.24) is 10.6 Å². The molecule has 0 radical (unpaired) electrons. The molecule has 1 amide bonds. The summed E-state index contributed by atoms with van der Waals surface area (Å²) in [6.45, 7) is 4.75. The van der Waals surface area contributed by atoms with Gasteiger partial charge < -0.3 is 15.7 Å². The van der Waals surface area contributed by atoms with Crippen molar-refractivity contribution in [2.45, 2.75) is 19.6 Å². The molecule has 3 N–H and O–H groups in total. The van der Waals surface area contributed by atoms with Crippen LogP contribution in [0.1, 0.15) is 35.5 Å². The summed E-state index contributed by atoms with van der Waals surface area (Å²) in [6.07, 6.45) is 0.554. The number of amides is 1. The first-order valence-electron chi connectivity index (χ1n) is 5.97. The minimum Gasteiger partial charge on any atom is -0.369 e. The third-order valence-corrected chi connectivity index (χ3v) is 3.07. The van der Waals surface area contributed by atoms with Crippen LogP contribution in [0.3, 0.4) is 0 Å². The Morgan fingerprint density at radius 2 is 2.12 bits per heavy atom. The number of benzene rings is 1. The number of aliphatic hydroxyl groups excluding tert-OH is 1. The maximum atomic E-state index is 11.0. The van der Waals surface area contributed by atoms with Crippen LogP contribution in [0.15, 0.2) is 24.3 Å². The smallest absolute Gasteiger partial charge is 0.253 e. The van der Waals surface area contributed by atoms with Gasteiger partial charge in [-0.1, -0.05) is 25.1 Å². The van der Waals surface area contributed by atoms with Crippen molar-refractivity contribution in [1.29, 1.82) is 0 Å². The Morgan fingerprint density at radius 3 is 2.65 bits per heavy atom. The molecule has 92 valence electrons. The summed E-state index contributed by atoms with van der Waals surface area (Å²) in [5.74, 6) is 0.734. The highest BCUT2D eigenvalue weighted by Crippen LogP contribution is 2.21. The molecule has 2 aliphatic rings. The molecule has 17 heavy (non-hydrogen) atoms. The number of carbonyl (C=O) groups is 1. The van der Waals surface area contributed by atoms with Gasteiger partial charge in [-0.2, -0.15) is 0 Å². The quantitative estimate of drug-likeness (QED) is 0.628. The van der Waals surface area contributed by atoms with Gasteiger partial charge in [0.2, 0.25) is 0 Å². The predicted octanol–water partition coefficient (Wildman–Crippen LogP) is 1.04. The van der Waals surface area contributed by atoms with Gasteiger partial charge in [-0.15, -0.1) is 0 Å². The van der Waals surface area contributed by atoms with Gasteiger partial charge in [0, 0.05) is 11.1 Å². The second-order valence-electron chi connectivity index (χ2n) is 4.56. The van der Waals surface area contributed by atoms with Crippen molar-refractivity contribution in [3.05, 3.63) is 35.4 Å². The summed E-state index contributed by atoms with van der Waals surface area (Å²) in [5, 5.41) is 14.9. The molecule has 1 fully saturated rings. The topological polar surface area (TPSA) is 61.4 Å². The van der Waals surface area contributed by atoms with Gasteiger partial charge >= 0.3 is 0 Å². The van der Waals surface area contributed by atoms with E-state index in [4.69, 9.17) is 0 Å². The van der Waals surface area contributed by atoms with Crippen molar-refractivity contribution < 1.29 is 9.90 Å². The fourth-order valence-corrected chi connectivity index (χ4v) is 2.02. The Morgan fingerprint density at radius 1 is 1.35 bits per heavy atom. The first-order chi connectivity index (χ1) is 8.18. The van der Waals surface area contributed by atoms with Crippen molar-refractivity contribution in [2.24, 2.45) is 5.92 Å². The van der Waals surface area contributed by atoms with Gasteiger partial charge in [-0.3, -0.25) is 4.79 Å². The molecule has 4 nitrogen and oxygen atoms in total. The van der Waals surface area contributed by atoms with Crippen LogP contribution in [-0.4, -0.2) is 24.1 Å². The van der Waals surface area contributed by atoms with Gasteiger partial charge in [0.1, 0.15) is 0 Å². The van der Waals surface area contributed by atoms with E-state index in [1.807, 2.05) is 0 Å². The van der Waals surface area contributed by atoms with Crippen molar-refractivity contribution in [2.75, 3.05) is 13.1 Å². The SMILES string of the molecule is CC1CCNC1.O=C1NC(O)c2ccccc21. The number of hydrogen-bond donors (Lipinski definition) is 3. The molecule has 0 aromatic heterocycles. The lowest BCUT2D eigenvalue weighted by molar-refractivity contribution is 0.0850. The first kappa shape index (κ1) is 12.1. The predicted molar refractivity (Wildman–Crippen MR) is 65.5 cm³/mol. The summed E-state index contributed by atoms with van der Waals surface area (Å²) in [4.78, 5) is 11.0. The minimum atomic E-state index is -0.821. The largest absolute Gasteiger partial charge is 0.369 e. The van der Waals surface area contributed by atoms with E-state index < -0.39 is 6.23 Å². The third kappa shape index (κ3) is 2.84. The zero-order valence-corrected chi connectivity index (χ0v) is 9.94. The van der Waals surface area contributed by atoms with Gasteiger partial charge in [0.15, 0.2) is 6.23 Å². The van der Waals surface area contributed by atoms with Crippen molar-refractivity contribution >= 4 is 5.91 Å². The Balaban J connectivity index is 0.000000153. The van der Waals surface area contributed by atoms with E-state index in [0.717, 1.165) is 5.92 Å². The van der Waals surface area contributed by atoms with Crippen LogP contribution in [-0.2, 0) is 0 Å². The number of carbonyl (C=O) groups excluding carboxylic acids is 1. The second-order valence-corrected chi connectivity index (χ2v) is 4.56. The van der Waals surface area contributed by atoms with E-state index in [2.05, 4.69) is 17.6 Å². The molecule has 2 unspecified atom stereocenters. The molecule has 3 rings (SSSR count). The number of nitrogens with one attached hydrogen (secondary N) is 2. The average Bonchev–Trinajstić information content (AvgIpc) is 2.90. The molecule has 0 aliphatic carbocycles. The molecule has 0 saturated carbocycles. The summed E-state index contributed by atoms with van der Waals surface area (Å²) < 4.78 is 0. The molecule has 2 atom stereocenters. The van der Waals surface area contributed by atoms with Crippen LogP contribution in [0.25, 0.3) is 0 Å². The first-order valence-corrected chi connectivity index (χ1v) is 5.97. The number of fused-ring (bicyclic) bond motifs is 1. The van der Waals surface area contributed by atoms with Crippen LogP contribution in [0.2, 0.25) is 0 Å². The zero-order chi connectivity index (χ0) is 12.3. The molecule has 1 aromatic carbocycles. The van der Waals surface area contributed by atoms with Crippen LogP contribution in [0.4, 0.5) is 0 Å². The third-order valence-electron chi connectivity index (χ3n) is 3.07. The number of aliphatic hydroxyl groups is 1. The molecular formula is C13H18N2O2. The standard InChI is InChI=1S/C8H7NO2.C5H11N/c10-7-5-3-1-2-4-6(5)8(11)9-7;1-5-2-3-6-4-5/h1-4,7,10H,(H,9,11);5-6H,2-4H2,1H3. The summed E-state index contributed by atoms with van der Waals surface area (Å²) in [7, 11) is 0. The normalized spacial score (nSPS) is 25.9. The molecule has 2 aliphatic heterocycles. The van der Waals surface area contributed by atoms with E-state index in [9.17, 15) is 9.90 Å². The fraction of sp³-hybridized carbons (Fsp3) is 0.462. The number of hydrogen-bond acceptors (Lipinski definition) is 3. The molecule has 4 heteroatoms. The second kappa shape index (κ2) is 5.29. The Bertz CT molecular complexity index is 400. The highest BCUT2D eigenvalue weighted by atomic mass is 16.3. The Kier molecular flexibility index (Phi) is 3.76. The summed E-state index contributed by atoms with van der Waals surface area (Å²) in [5.41, 5.74) is 1.23. The molecule has 0 bridgehead atoms. The molecule has 0 spiro atoms. The fourth-order valence-electron chi connectivity index (χ4n) is 2.02. The van der Waals surface area contributed by atoms with E-state index in [0.29, 0.717) is 11.1 Å². The summed E-state index contributed by atoms with van der Waals surface area (Å²) >= 11 is 0.